The van der Waals surface area contributed by atoms with E-state index in [1.165, 1.54) is 7.11 Å². The molecule has 2 aromatic carbocycles. The second-order valence-corrected chi connectivity index (χ2v) is 4.21. The third-order valence-electron chi connectivity index (χ3n) is 2.86. The van der Waals surface area contributed by atoms with E-state index in [0.29, 0.717) is 17.8 Å². The molecule has 21 heavy (non-hydrogen) atoms. The molecule has 0 aliphatic rings. The maximum atomic E-state index is 11.8. The first-order valence-electron chi connectivity index (χ1n) is 6.34. The molecule has 5 nitrogen and oxygen atoms in total. The van der Waals surface area contributed by atoms with Crippen LogP contribution in [0, 0.1) is 0 Å². The Hall–Kier alpha value is -2.82. The average molecular weight is 285 g/mol. The molecule has 0 fully saturated rings. The highest BCUT2D eigenvalue weighted by Gasteiger charge is 2.16. The average Bonchev–Trinajstić information content (AvgIpc) is 2.54. The molecular weight excluding hydrogens is 270 g/mol. The van der Waals surface area contributed by atoms with E-state index in [4.69, 9.17) is 9.47 Å². The fourth-order valence-corrected chi connectivity index (χ4v) is 1.87. The van der Waals surface area contributed by atoms with Gasteiger partial charge in [-0.1, -0.05) is 36.4 Å². The molecule has 0 aromatic heterocycles. The van der Waals surface area contributed by atoms with E-state index in [0.717, 1.165) is 5.56 Å². The lowest BCUT2D eigenvalue weighted by atomic mass is 10.1. The van der Waals surface area contributed by atoms with Gasteiger partial charge in [-0.2, -0.15) is 0 Å². The number of rotatable bonds is 6. The number of methoxy groups -OCH3 is 1. The molecule has 0 heterocycles. The van der Waals surface area contributed by atoms with Crippen molar-refractivity contribution in [3.63, 3.8) is 0 Å². The predicted octanol–water partition coefficient (Wildman–Crippen LogP) is 2.62. The van der Waals surface area contributed by atoms with Crippen molar-refractivity contribution in [1.29, 1.82) is 0 Å². The molecule has 0 saturated heterocycles. The van der Waals surface area contributed by atoms with Gasteiger partial charge in [0.15, 0.2) is 5.75 Å². The lowest BCUT2D eigenvalue weighted by molar-refractivity contribution is -0.105. The second kappa shape index (κ2) is 7.09. The van der Waals surface area contributed by atoms with Crippen molar-refractivity contribution in [2.45, 2.75) is 6.61 Å². The molecule has 0 atom stereocenters. The Kier molecular flexibility index (Phi) is 4.93. The van der Waals surface area contributed by atoms with Crippen molar-refractivity contribution in [3.05, 3.63) is 59.7 Å². The van der Waals surface area contributed by atoms with Crippen LogP contribution in [0.15, 0.2) is 48.5 Å². The van der Waals surface area contributed by atoms with Crippen LogP contribution in [0.5, 0.6) is 5.75 Å². The van der Waals surface area contributed by atoms with Crippen LogP contribution < -0.4 is 10.1 Å². The van der Waals surface area contributed by atoms with E-state index in [-0.39, 0.29) is 12.2 Å². The fraction of sp³-hybridized carbons (Fsp3) is 0.125. The Labute approximate surface area is 122 Å². The number of ether oxygens (including phenoxy) is 2. The summed E-state index contributed by atoms with van der Waals surface area (Å²) < 4.78 is 10.4. The number of anilines is 1. The van der Waals surface area contributed by atoms with Crippen molar-refractivity contribution >= 4 is 18.1 Å². The molecule has 0 aliphatic carbocycles. The summed E-state index contributed by atoms with van der Waals surface area (Å²) in [6, 6.07) is 14.4. The predicted molar refractivity (Wildman–Crippen MR) is 78.2 cm³/mol. The number of benzene rings is 2. The summed E-state index contributed by atoms with van der Waals surface area (Å²) >= 11 is 0. The molecule has 0 unspecified atom stereocenters. The first-order valence-corrected chi connectivity index (χ1v) is 6.34. The Balaban J connectivity index is 2.29. The molecule has 1 N–H and O–H groups in total. The summed E-state index contributed by atoms with van der Waals surface area (Å²) in [5, 5.41) is 2.52. The Morgan fingerprint density at radius 3 is 2.57 bits per heavy atom. The summed E-state index contributed by atoms with van der Waals surface area (Å²) in [7, 11) is 1.29. The first-order chi connectivity index (χ1) is 10.3. The normalized spacial score (nSPS) is 9.76. The van der Waals surface area contributed by atoms with E-state index >= 15 is 0 Å². The third kappa shape index (κ3) is 3.60. The highest BCUT2D eigenvalue weighted by Crippen LogP contribution is 2.30. The smallest absolute Gasteiger partial charge is 0.341 e. The van der Waals surface area contributed by atoms with Gasteiger partial charge in [-0.05, 0) is 17.7 Å². The molecular formula is C16H15NO4. The number of hydrogen-bond acceptors (Lipinski definition) is 4. The summed E-state index contributed by atoms with van der Waals surface area (Å²) in [6.07, 6.45) is 0.534. The molecule has 2 aromatic rings. The van der Waals surface area contributed by atoms with Gasteiger partial charge in [0.25, 0.3) is 0 Å². The second-order valence-electron chi connectivity index (χ2n) is 4.21. The number of nitrogens with one attached hydrogen (secondary N) is 1. The van der Waals surface area contributed by atoms with E-state index in [1.807, 2.05) is 30.3 Å². The van der Waals surface area contributed by atoms with Crippen LogP contribution in [0.3, 0.4) is 0 Å². The first kappa shape index (κ1) is 14.6. The van der Waals surface area contributed by atoms with E-state index < -0.39 is 5.97 Å². The number of hydrogen-bond donors (Lipinski definition) is 1. The van der Waals surface area contributed by atoms with Crippen molar-refractivity contribution in [1.82, 2.24) is 0 Å². The third-order valence-corrected chi connectivity index (χ3v) is 2.86. The van der Waals surface area contributed by atoms with Crippen LogP contribution in [0.25, 0.3) is 0 Å². The van der Waals surface area contributed by atoms with Crippen LogP contribution in [0.4, 0.5) is 5.69 Å². The summed E-state index contributed by atoms with van der Waals surface area (Å²) in [5.74, 6) is -0.229. The summed E-state index contributed by atoms with van der Waals surface area (Å²) in [4.78, 5) is 22.5. The highest BCUT2D eigenvalue weighted by molar-refractivity contribution is 5.95. The molecule has 1 amide bonds. The molecule has 0 aliphatic heterocycles. The van der Waals surface area contributed by atoms with Crippen LogP contribution >= 0.6 is 0 Å². The van der Waals surface area contributed by atoms with Crippen molar-refractivity contribution < 1.29 is 19.1 Å². The standard InChI is InChI=1S/C16H15NO4/c1-20-16(19)13-8-5-9-14(17-11-18)15(13)21-10-12-6-3-2-4-7-12/h2-9,11H,10H2,1H3,(H,17,18). The Morgan fingerprint density at radius 2 is 1.90 bits per heavy atom. The molecule has 0 spiro atoms. The monoisotopic (exact) mass is 285 g/mol. The Bertz CT molecular complexity index is 625. The zero-order chi connectivity index (χ0) is 15.1. The maximum Gasteiger partial charge on any atom is 0.341 e. The zero-order valence-corrected chi connectivity index (χ0v) is 11.5. The highest BCUT2D eigenvalue weighted by atomic mass is 16.5. The number of para-hydroxylation sites is 1. The van der Waals surface area contributed by atoms with Crippen molar-refractivity contribution in [3.8, 4) is 5.75 Å². The molecule has 2 rings (SSSR count). The van der Waals surface area contributed by atoms with Gasteiger partial charge in [0.1, 0.15) is 12.2 Å². The molecule has 5 heteroatoms. The van der Waals surface area contributed by atoms with Gasteiger partial charge < -0.3 is 14.8 Å². The van der Waals surface area contributed by atoms with Gasteiger partial charge in [0, 0.05) is 0 Å². The Morgan fingerprint density at radius 1 is 1.14 bits per heavy atom. The largest absolute Gasteiger partial charge is 0.486 e. The molecule has 0 radical (unpaired) electrons. The van der Waals surface area contributed by atoms with Crippen molar-refractivity contribution in [2.24, 2.45) is 0 Å². The number of carbonyl (C=O) groups excluding carboxylic acids is 2. The fourth-order valence-electron chi connectivity index (χ4n) is 1.87. The maximum absolute atomic E-state index is 11.8. The number of amides is 1. The van der Waals surface area contributed by atoms with Crippen molar-refractivity contribution in [2.75, 3.05) is 12.4 Å². The molecule has 0 bridgehead atoms. The minimum atomic E-state index is -0.521. The van der Waals surface area contributed by atoms with E-state index in [2.05, 4.69) is 5.32 Å². The minimum Gasteiger partial charge on any atom is -0.486 e. The van der Waals surface area contributed by atoms with Crippen LogP contribution in [-0.2, 0) is 16.1 Å². The quantitative estimate of drug-likeness (QED) is 0.654. The van der Waals surface area contributed by atoms with Crippen LogP contribution in [0.2, 0.25) is 0 Å². The van der Waals surface area contributed by atoms with E-state index in [9.17, 15) is 9.59 Å². The van der Waals surface area contributed by atoms with Gasteiger partial charge in [-0.3, -0.25) is 4.79 Å². The summed E-state index contributed by atoms with van der Waals surface area (Å²) in [5.41, 5.74) is 1.64. The molecule has 0 saturated carbocycles. The minimum absolute atomic E-state index is 0.264. The van der Waals surface area contributed by atoms with Gasteiger partial charge in [-0.15, -0.1) is 0 Å². The van der Waals surface area contributed by atoms with Crippen LogP contribution in [-0.4, -0.2) is 19.5 Å². The topological polar surface area (TPSA) is 64.6 Å². The molecule has 108 valence electrons. The number of esters is 1. The SMILES string of the molecule is COC(=O)c1cccc(NC=O)c1OCc1ccccc1. The van der Waals surface area contributed by atoms with Gasteiger partial charge >= 0.3 is 5.97 Å². The lowest BCUT2D eigenvalue weighted by Gasteiger charge is -2.14. The zero-order valence-electron chi connectivity index (χ0n) is 11.5. The number of carbonyl (C=O) groups is 2. The van der Waals surface area contributed by atoms with E-state index in [1.54, 1.807) is 18.2 Å². The van der Waals surface area contributed by atoms with Crippen LogP contribution in [0.1, 0.15) is 15.9 Å². The summed E-state index contributed by atoms with van der Waals surface area (Å²) in [6.45, 7) is 0.280. The van der Waals surface area contributed by atoms with Gasteiger partial charge in [0.2, 0.25) is 6.41 Å². The van der Waals surface area contributed by atoms with Gasteiger partial charge in [-0.25, -0.2) is 4.79 Å². The lowest BCUT2D eigenvalue weighted by Crippen LogP contribution is -2.08. The van der Waals surface area contributed by atoms with Gasteiger partial charge in [0.05, 0.1) is 12.8 Å².